The Morgan fingerprint density at radius 3 is 1.36 bits per heavy atom. The molecule has 7 aromatic rings. The van der Waals surface area contributed by atoms with E-state index in [0.717, 1.165) is 62.1 Å². The molecule has 0 bridgehead atoms. The number of ketones is 1. The first-order chi connectivity index (χ1) is 26.0. The van der Waals surface area contributed by atoms with E-state index in [-0.39, 0.29) is 11.2 Å². The molecule has 0 amide bonds. The molecule has 0 radical (unpaired) electrons. The zero-order valence-electron chi connectivity index (χ0n) is 28.9. The summed E-state index contributed by atoms with van der Waals surface area (Å²) < 4.78 is 14.1. The van der Waals surface area contributed by atoms with Gasteiger partial charge in [-0.3, -0.25) is 4.79 Å². The van der Waals surface area contributed by atoms with Crippen LogP contribution in [-0.2, 0) is 16.2 Å². The van der Waals surface area contributed by atoms with Crippen molar-refractivity contribution in [1.29, 1.82) is 0 Å². The summed E-state index contributed by atoms with van der Waals surface area (Å²) in [5.74, 6) is 0.406. The number of rotatable bonds is 6. The molecule has 3 aliphatic rings. The summed E-state index contributed by atoms with van der Waals surface area (Å²) in [7, 11) is -1.49. The van der Waals surface area contributed by atoms with Crippen molar-refractivity contribution in [1.82, 2.24) is 0 Å². The van der Waals surface area contributed by atoms with Gasteiger partial charge in [0.1, 0.15) is 0 Å². The van der Waals surface area contributed by atoms with Gasteiger partial charge < -0.3 is 0 Å². The highest BCUT2D eigenvalue weighted by atomic mass is 32.2. The van der Waals surface area contributed by atoms with E-state index in [0.29, 0.717) is 26.8 Å². The number of fused-ring (bicyclic) bond motifs is 3. The molecule has 1 heterocycles. The average Bonchev–Trinajstić information content (AvgIpc) is 3.99. The van der Waals surface area contributed by atoms with Gasteiger partial charge in [-0.05, 0) is 122 Å². The summed E-state index contributed by atoms with van der Waals surface area (Å²) in [4.78, 5) is 15.6. The number of benzene rings is 7. The van der Waals surface area contributed by atoms with Crippen molar-refractivity contribution in [3.05, 3.63) is 205 Å². The van der Waals surface area contributed by atoms with Gasteiger partial charge in [-0.2, -0.15) is 0 Å². The first-order valence-corrected chi connectivity index (χ1v) is 19.3. The smallest absolute Gasteiger partial charge is 0.195 e. The lowest BCUT2D eigenvalue weighted by molar-refractivity contribution is 0.103. The van der Waals surface area contributed by atoms with Gasteiger partial charge in [-0.1, -0.05) is 140 Å². The Kier molecular flexibility index (Phi) is 7.45. The lowest BCUT2D eigenvalue weighted by atomic mass is 9.85. The third-order valence-electron chi connectivity index (χ3n) is 11.1. The molecular weight excluding hydrogens is 665 g/mol. The molecule has 0 aromatic heterocycles. The van der Waals surface area contributed by atoms with Gasteiger partial charge >= 0.3 is 0 Å². The molecule has 3 atom stereocenters. The first kappa shape index (κ1) is 31.6. The van der Waals surface area contributed by atoms with Crippen LogP contribution in [0.15, 0.2) is 198 Å². The zero-order valence-corrected chi connectivity index (χ0v) is 29.7. The van der Waals surface area contributed by atoms with Crippen molar-refractivity contribution >= 4 is 16.6 Å². The summed E-state index contributed by atoms with van der Waals surface area (Å²) in [6.07, 6.45) is 10.1. The molecule has 2 aliphatic carbocycles. The fourth-order valence-corrected chi connectivity index (χ4v) is 9.52. The van der Waals surface area contributed by atoms with Crippen molar-refractivity contribution in [2.24, 2.45) is 5.92 Å². The quantitative estimate of drug-likeness (QED) is 0.173. The maximum Gasteiger partial charge on any atom is 0.195 e. The van der Waals surface area contributed by atoms with Crippen molar-refractivity contribution in [2.45, 2.75) is 21.6 Å². The second-order valence-electron chi connectivity index (χ2n) is 14.3. The fourth-order valence-electron chi connectivity index (χ4n) is 8.20. The molecule has 1 saturated carbocycles. The molecule has 1 aliphatic heterocycles. The number of carbonyl (C=O) groups is 1. The van der Waals surface area contributed by atoms with Crippen LogP contribution in [0.4, 0.5) is 0 Å². The van der Waals surface area contributed by atoms with Gasteiger partial charge in [0.15, 0.2) is 5.78 Å². The van der Waals surface area contributed by atoms with Crippen LogP contribution in [-0.4, -0.2) is 9.99 Å². The SMILES string of the molecule is O=C1c2cc(-c3cc(-c4ccccc4)cc(-c4ccccc4)c3)ccc2S(=O)c2ccc(-c3cc(-c4ccccc4)cc(C45C=CC=CC4C5)c3)cc21. The minimum absolute atomic E-state index is 0.00729. The van der Waals surface area contributed by atoms with Crippen LogP contribution in [0, 0.1) is 5.92 Å². The fraction of sp³-hybridized carbons (Fsp3) is 0.0600. The van der Waals surface area contributed by atoms with E-state index in [1.54, 1.807) is 0 Å². The van der Waals surface area contributed by atoms with E-state index in [4.69, 9.17) is 0 Å². The summed E-state index contributed by atoms with van der Waals surface area (Å²) in [5, 5.41) is 0. The van der Waals surface area contributed by atoms with E-state index in [1.807, 2.05) is 78.9 Å². The lowest BCUT2D eigenvalue weighted by Gasteiger charge is -2.21. The molecule has 0 N–H and O–H groups in total. The molecule has 3 heteroatoms. The van der Waals surface area contributed by atoms with E-state index < -0.39 is 10.8 Å². The van der Waals surface area contributed by atoms with Crippen molar-refractivity contribution in [3.63, 3.8) is 0 Å². The normalized spacial score (nSPS) is 19.3. The van der Waals surface area contributed by atoms with Crippen LogP contribution in [0.1, 0.15) is 27.9 Å². The number of allylic oxidation sites excluding steroid dienone is 4. The predicted octanol–water partition coefficient (Wildman–Crippen LogP) is 12.1. The van der Waals surface area contributed by atoms with E-state index in [2.05, 4.69) is 109 Å². The first-order valence-electron chi connectivity index (χ1n) is 18.1. The standard InChI is InChI=1S/C50H34O2S/c51-49-45-30-36(40-25-38(33-12-4-1-5-13-33)24-39(26-40)34-14-6-2-7-15-34)19-21-47(45)53(52)48-22-20-37(31-46(48)49)42-27-41(35-16-8-3-9-17-35)28-44(29-42)50-23-11-10-18-43(50)32-50/h1-31,43H,32H2. The number of carbonyl (C=O) groups excluding carboxylic acids is 1. The molecule has 0 spiro atoms. The van der Waals surface area contributed by atoms with Crippen LogP contribution in [0.2, 0.25) is 0 Å². The van der Waals surface area contributed by atoms with Gasteiger partial charge in [0.25, 0.3) is 0 Å². The van der Waals surface area contributed by atoms with Crippen LogP contribution >= 0.6 is 0 Å². The Morgan fingerprint density at radius 1 is 0.453 bits per heavy atom. The molecule has 53 heavy (non-hydrogen) atoms. The summed E-state index contributed by atoms with van der Waals surface area (Å²) in [5.41, 5.74) is 12.9. The summed E-state index contributed by atoms with van der Waals surface area (Å²) >= 11 is 0. The molecule has 3 unspecified atom stereocenters. The zero-order chi connectivity index (χ0) is 35.5. The number of hydrogen-bond acceptors (Lipinski definition) is 2. The molecular formula is C50H34O2S. The van der Waals surface area contributed by atoms with Gasteiger partial charge in [0.05, 0.1) is 20.6 Å². The number of hydrogen-bond donors (Lipinski definition) is 0. The van der Waals surface area contributed by atoms with Gasteiger partial charge in [0, 0.05) is 16.5 Å². The summed E-state index contributed by atoms with van der Waals surface area (Å²) in [6, 6.07) is 56.3. The van der Waals surface area contributed by atoms with Crippen LogP contribution in [0.5, 0.6) is 0 Å². The second kappa shape index (κ2) is 12.5. The van der Waals surface area contributed by atoms with Crippen LogP contribution in [0.25, 0.3) is 55.6 Å². The van der Waals surface area contributed by atoms with Crippen LogP contribution in [0.3, 0.4) is 0 Å². The molecule has 2 nitrogen and oxygen atoms in total. The molecule has 10 rings (SSSR count). The molecule has 7 aromatic carbocycles. The van der Waals surface area contributed by atoms with Crippen LogP contribution < -0.4 is 0 Å². The van der Waals surface area contributed by atoms with E-state index in [1.165, 1.54) is 5.56 Å². The Morgan fingerprint density at radius 2 is 0.887 bits per heavy atom. The van der Waals surface area contributed by atoms with Gasteiger partial charge in [-0.25, -0.2) is 4.21 Å². The minimum atomic E-state index is -1.49. The minimum Gasteiger partial charge on any atom is -0.289 e. The van der Waals surface area contributed by atoms with Gasteiger partial charge in [-0.15, -0.1) is 0 Å². The van der Waals surface area contributed by atoms with Gasteiger partial charge in [0.2, 0.25) is 0 Å². The van der Waals surface area contributed by atoms with E-state index in [9.17, 15) is 9.00 Å². The Bertz CT molecular complexity index is 2620. The molecule has 1 fully saturated rings. The monoisotopic (exact) mass is 698 g/mol. The van der Waals surface area contributed by atoms with E-state index >= 15 is 0 Å². The summed E-state index contributed by atoms with van der Waals surface area (Å²) in [6.45, 7) is 0. The highest BCUT2D eigenvalue weighted by Gasteiger charge is 2.52. The molecule has 0 saturated heterocycles. The lowest BCUT2D eigenvalue weighted by Crippen LogP contribution is -2.16. The van der Waals surface area contributed by atoms with Crippen molar-refractivity contribution in [3.8, 4) is 55.6 Å². The highest BCUT2D eigenvalue weighted by molar-refractivity contribution is 7.85. The average molecular weight is 699 g/mol. The predicted molar refractivity (Wildman–Crippen MR) is 216 cm³/mol. The largest absolute Gasteiger partial charge is 0.289 e. The molecule has 252 valence electrons. The Balaban J connectivity index is 1.07. The Hall–Kier alpha value is -6.16. The highest BCUT2D eigenvalue weighted by Crippen LogP contribution is 2.58. The third kappa shape index (κ3) is 5.48. The third-order valence-corrected chi connectivity index (χ3v) is 12.7. The maximum atomic E-state index is 14.5. The van der Waals surface area contributed by atoms with Crippen molar-refractivity contribution in [2.75, 3.05) is 0 Å². The second-order valence-corrected chi connectivity index (χ2v) is 15.7. The Labute approximate surface area is 312 Å². The maximum absolute atomic E-state index is 14.5. The topological polar surface area (TPSA) is 34.1 Å². The van der Waals surface area contributed by atoms with Crippen molar-refractivity contribution < 1.29 is 9.00 Å².